The molecule has 0 fully saturated rings. The summed E-state index contributed by atoms with van der Waals surface area (Å²) in [5, 5.41) is 8.17. The van der Waals surface area contributed by atoms with Crippen molar-refractivity contribution in [3.05, 3.63) is 17.0 Å². The van der Waals surface area contributed by atoms with Crippen LogP contribution in [0.5, 0.6) is 0 Å². The van der Waals surface area contributed by atoms with E-state index in [9.17, 15) is 9.59 Å². The second-order valence-electron chi connectivity index (χ2n) is 8.61. The lowest BCUT2D eigenvalue weighted by molar-refractivity contribution is -0.114. The number of fused-ring (bicyclic) bond motifs is 3. The normalized spacial score (nSPS) is 15.3. The highest BCUT2D eigenvalue weighted by molar-refractivity contribution is 7.19. The first-order chi connectivity index (χ1) is 14.1. The van der Waals surface area contributed by atoms with E-state index in [1.807, 2.05) is 25.8 Å². The van der Waals surface area contributed by atoms with E-state index >= 15 is 0 Å². The number of aromatic nitrogens is 3. The molecule has 1 atom stereocenters. The molecule has 8 nitrogen and oxygen atoms in total. The van der Waals surface area contributed by atoms with Gasteiger partial charge >= 0.3 is 0 Å². The molecule has 3 rings (SSSR count). The second-order valence-corrected chi connectivity index (χ2v) is 9.61. The molecule has 1 aliphatic carbocycles. The molecule has 0 saturated heterocycles. The summed E-state index contributed by atoms with van der Waals surface area (Å²) < 4.78 is 1.94. The summed E-state index contributed by atoms with van der Waals surface area (Å²) in [7, 11) is 5.91. The predicted molar refractivity (Wildman–Crippen MR) is 120 cm³/mol. The summed E-state index contributed by atoms with van der Waals surface area (Å²) in [6, 6.07) is 0.101. The topological polar surface area (TPSA) is 83.4 Å². The van der Waals surface area contributed by atoms with Gasteiger partial charge in [-0.3, -0.25) is 14.3 Å². The molecule has 2 aromatic rings. The summed E-state index contributed by atoms with van der Waals surface area (Å²) in [5.74, 6) is -0.0466. The first-order valence-electron chi connectivity index (χ1n) is 10.4. The lowest BCUT2D eigenvalue weighted by Gasteiger charge is -2.22. The third-order valence-corrected chi connectivity index (χ3v) is 6.29. The highest BCUT2D eigenvalue weighted by Gasteiger charge is 2.36. The molecule has 0 aliphatic heterocycles. The molecule has 0 spiro atoms. The van der Waals surface area contributed by atoms with Crippen LogP contribution >= 0.6 is 11.3 Å². The predicted octanol–water partition coefficient (Wildman–Crippen LogP) is 3.23. The van der Waals surface area contributed by atoms with E-state index in [4.69, 9.17) is 5.10 Å². The lowest BCUT2D eigenvalue weighted by Crippen LogP contribution is -2.31. The van der Waals surface area contributed by atoms with Crippen molar-refractivity contribution in [2.75, 3.05) is 39.5 Å². The van der Waals surface area contributed by atoms with Gasteiger partial charge in [0.25, 0.3) is 5.91 Å². The first-order valence-corrected chi connectivity index (χ1v) is 11.2. The zero-order valence-corrected chi connectivity index (χ0v) is 19.8. The zero-order valence-electron chi connectivity index (χ0n) is 18.9. The fourth-order valence-electron chi connectivity index (χ4n) is 3.85. The molecule has 30 heavy (non-hydrogen) atoms. The van der Waals surface area contributed by atoms with Crippen LogP contribution in [0.15, 0.2) is 0 Å². The molecule has 0 radical (unpaired) electrons. The van der Waals surface area contributed by atoms with Crippen LogP contribution in [0.1, 0.15) is 67.8 Å². The Morgan fingerprint density at radius 3 is 2.57 bits per heavy atom. The Balaban J connectivity index is 2.01. The standard InChI is InChI=1S/C21H32N6O2S/c1-12(2)27-18-16(17(24-27)20(29)26(7)10-8-9-25(5)6)13(3)11-15-19(18)30-21(23-15)22-14(4)28/h12-13H,8-11H2,1-7H3,(H,22,23,28). The number of nitrogens with one attached hydrogen (secondary N) is 1. The van der Waals surface area contributed by atoms with Gasteiger partial charge in [-0.2, -0.15) is 5.10 Å². The fraction of sp³-hybridized carbons (Fsp3) is 0.619. The molecule has 2 heterocycles. The maximum absolute atomic E-state index is 13.3. The van der Waals surface area contributed by atoms with Crippen molar-refractivity contribution >= 4 is 28.3 Å². The Morgan fingerprint density at radius 1 is 1.27 bits per heavy atom. The Kier molecular flexibility index (Phi) is 6.62. The fourth-order valence-corrected chi connectivity index (χ4v) is 4.94. The number of carbonyl (C=O) groups excluding carboxylic acids is 2. The van der Waals surface area contributed by atoms with Crippen LogP contribution in [0.2, 0.25) is 0 Å². The molecular formula is C21H32N6O2S. The van der Waals surface area contributed by atoms with Crippen LogP contribution in [0, 0.1) is 0 Å². The van der Waals surface area contributed by atoms with Gasteiger partial charge in [-0.15, -0.1) is 0 Å². The Hall–Kier alpha value is -2.26. The largest absolute Gasteiger partial charge is 0.340 e. The molecule has 0 aromatic carbocycles. The van der Waals surface area contributed by atoms with E-state index in [-0.39, 0.29) is 23.8 Å². The lowest BCUT2D eigenvalue weighted by atomic mass is 9.87. The highest BCUT2D eigenvalue weighted by Crippen LogP contribution is 2.46. The second kappa shape index (κ2) is 8.85. The van der Waals surface area contributed by atoms with E-state index in [0.29, 0.717) is 17.4 Å². The van der Waals surface area contributed by atoms with Crippen LogP contribution in [-0.4, -0.2) is 70.6 Å². The first kappa shape index (κ1) is 22.4. The molecule has 9 heteroatoms. The van der Waals surface area contributed by atoms with Gasteiger partial charge in [0.15, 0.2) is 10.8 Å². The number of anilines is 1. The number of thiazole rings is 1. The average molecular weight is 433 g/mol. The number of rotatable bonds is 7. The molecule has 0 bridgehead atoms. The Morgan fingerprint density at radius 2 is 1.97 bits per heavy atom. The van der Waals surface area contributed by atoms with Gasteiger partial charge in [-0.05, 0) is 53.2 Å². The van der Waals surface area contributed by atoms with Gasteiger partial charge in [0.05, 0.1) is 16.3 Å². The van der Waals surface area contributed by atoms with Crippen molar-refractivity contribution in [1.29, 1.82) is 0 Å². The summed E-state index contributed by atoms with van der Waals surface area (Å²) in [6.45, 7) is 9.36. The van der Waals surface area contributed by atoms with Crippen LogP contribution in [0.3, 0.4) is 0 Å². The molecule has 1 unspecified atom stereocenters. The van der Waals surface area contributed by atoms with Gasteiger partial charge in [-0.25, -0.2) is 4.98 Å². The van der Waals surface area contributed by atoms with Crippen molar-refractivity contribution in [2.24, 2.45) is 0 Å². The molecular weight excluding hydrogens is 400 g/mol. The van der Waals surface area contributed by atoms with E-state index in [2.05, 4.69) is 36.0 Å². The minimum Gasteiger partial charge on any atom is -0.340 e. The summed E-state index contributed by atoms with van der Waals surface area (Å²) in [6.07, 6.45) is 1.64. The highest BCUT2D eigenvalue weighted by atomic mass is 32.1. The monoisotopic (exact) mass is 432 g/mol. The Bertz CT molecular complexity index is 946. The zero-order chi connectivity index (χ0) is 22.2. The third-order valence-electron chi connectivity index (χ3n) is 5.27. The van der Waals surface area contributed by atoms with Crippen LogP contribution in [-0.2, 0) is 11.2 Å². The number of hydrogen-bond acceptors (Lipinski definition) is 6. The van der Waals surface area contributed by atoms with Crippen molar-refractivity contribution in [2.45, 2.75) is 52.5 Å². The quantitative estimate of drug-likeness (QED) is 0.726. The van der Waals surface area contributed by atoms with Crippen LogP contribution in [0.4, 0.5) is 5.13 Å². The van der Waals surface area contributed by atoms with E-state index in [0.717, 1.165) is 41.2 Å². The smallest absolute Gasteiger partial charge is 0.274 e. The average Bonchev–Trinajstić information content (AvgIpc) is 3.21. The summed E-state index contributed by atoms with van der Waals surface area (Å²) >= 11 is 1.46. The van der Waals surface area contributed by atoms with E-state index < -0.39 is 0 Å². The molecule has 164 valence electrons. The van der Waals surface area contributed by atoms with Crippen molar-refractivity contribution in [3.63, 3.8) is 0 Å². The van der Waals surface area contributed by atoms with E-state index in [1.54, 1.807) is 4.90 Å². The van der Waals surface area contributed by atoms with Crippen LogP contribution < -0.4 is 5.32 Å². The summed E-state index contributed by atoms with van der Waals surface area (Å²) in [4.78, 5) is 34.3. The number of carbonyl (C=O) groups is 2. The van der Waals surface area contributed by atoms with Gasteiger partial charge in [-0.1, -0.05) is 18.3 Å². The van der Waals surface area contributed by atoms with Gasteiger partial charge in [0.2, 0.25) is 5.91 Å². The molecule has 2 aromatic heterocycles. The van der Waals surface area contributed by atoms with Gasteiger partial charge < -0.3 is 15.1 Å². The van der Waals surface area contributed by atoms with Gasteiger partial charge in [0, 0.05) is 32.1 Å². The maximum Gasteiger partial charge on any atom is 0.274 e. The van der Waals surface area contributed by atoms with Crippen molar-refractivity contribution in [3.8, 4) is 10.6 Å². The Labute approximate surface area is 182 Å². The minimum atomic E-state index is -0.137. The number of hydrogen-bond donors (Lipinski definition) is 1. The van der Waals surface area contributed by atoms with Crippen LogP contribution in [0.25, 0.3) is 10.6 Å². The van der Waals surface area contributed by atoms with Crippen molar-refractivity contribution in [1.82, 2.24) is 24.6 Å². The SMILES string of the molecule is CC(=O)Nc1nc2c(s1)-c1c(c(C(=O)N(C)CCCN(C)C)nn1C(C)C)C(C)C2. The minimum absolute atomic E-state index is 0.0358. The van der Waals surface area contributed by atoms with E-state index in [1.165, 1.54) is 18.3 Å². The number of nitrogens with zero attached hydrogens (tertiary/aromatic N) is 5. The molecule has 1 aliphatic rings. The van der Waals surface area contributed by atoms with Crippen molar-refractivity contribution < 1.29 is 9.59 Å². The van der Waals surface area contributed by atoms with Gasteiger partial charge in [0.1, 0.15) is 0 Å². The summed E-state index contributed by atoms with van der Waals surface area (Å²) in [5.41, 5.74) is 3.47. The maximum atomic E-state index is 13.3. The third kappa shape index (κ3) is 4.41. The number of amides is 2. The molecule has 2 amide bonds. The molecule has 1 N–H and O–H groups in total. The molecule has 0 saturated carbocycles.